The van der Waals surface area contributed by atoms with Gasteiger partial charge in [0.05, 0.1) is 11.4 Å². The van der Waals surface area contributed by atoms with Crippen LogP contribution in [0, 0.1) is 6.92 Å². The normalized spacial score (nSPS) is 12.9. The van der Waals surface area contributed by atoms with Gasteiger partial charge in [-0.25, -0.2) is 9.98 Å². The van der Waals surface area contributed by atoms with Crippen molar-refractivity contribution in [3.05, 3.63) is 60.2 Å². The Morgan fingerprint density at radius 3 is 2.60 bits per heavy atom. The molecule has 4 heteroatoms. The van der Waals surface area contributed by atoms with Crippen molar-refractivity contribution in [3.8, 4) is 0 Å². The summed E-state index contributed by atoms with van der Waals surface area (Å²) in [6.07, 6.45) is 3.38. The van der Waals surface area contributed by atoms with Crippen LogP contribution in [-0.2, 0) is 0 Å². The summed E-state index contributed by atoms with van der Waals surface area (Å²) in [5.74, 6) is 0.752. The predicted molar refractivity (Wildman–Crippen MR) is 80.5 cm³/mol. The first-order chi connectivity index (χ1) is 9.83. The third kappa shape index (κ3) is 1.58. The molecule has 4 nitrogen and oxygen atoms in total. The van der Waals surface area contributed by atoms with Crippen molar-refractivity contribution in [2.75, 3.05) is 5.32 Å². The van der Waals surface area contributed by atoms with Crippen LogP contribution < -0.4 is 5.32 Å². The van der Waals surface area contributed by atoms with E-state index in [1.165, 1.54) is 5.39 Å². The number of amidine groups is 1. The molecule has 0 unspecified atom stereocenters. The fraction of sp³-hybridized carbons (Fsp3) is 0.0625. The Kier molecular flexibility index (Phi) is 2.29. The molecule has 1 aliphatic heterocycles. The predicted octanol–water partition coefficient (Wildman–Crippen LogP) is 3.44. The molecule has 2 aromatic carbocycles. The van der Waals surface area contributed by atoms with E-state index in [2.05, 4.69) is 33.5 Å². The lowest BCUT2D eigenvalue weighted by Gasteiger charge is -2.19. The number of hydrogen-bond donors (Lipinski definition) is 1. The summed E-state index contributed by atoms with van der Waals surface area (Å²) in [5.41, 5.74) is 3.69. The van der Waals surface area contributed by atoms with Gasteiger partial charge in [-0.3, -0.25) is 4.98 Å². The summed E-state index contributed by atoms with van der Waals surface area (Å²) in [5, 5.41) is 5.71. The zero-order valence-corrected chi connectivity index (χ0v) is 11.0. The highest BCUT2D eigenvalue weighted by molar-refractivity contribution is 6.18. The van der Waals surface area contributed by atoms with Crippen molar-refractivity contribution < 1.29 is 0 Å². The zero-order chi connectivity index (χ0) is 13.5. The molecule has 1 aliphatic rings. The summed E-state index contributed by atoms with van der Waals surface area (Å²) in [6, 6.07) is 12.3. The summed E-state index contributed by atoms with van der Waals surface area (Å²) >= 11 is 0. The lowest BCUT2D eigenvalue weighted by Crippen LogP contribution is -2.19. The fourth-order valence-electron chi connectivity index (χ4n) is 2.55. The maximum Gasteiger partial charge on any atom is 0.158 e. The second kappa shape index (κ2) is 4.13. The average molecular weight is 260 g/mol. The van der Waals surface area contributed by atoms with Crippen LogP contribution in [0.1, 0.15) is 11.4 Å². The van der Waals surface area contributed by atoms with Crippen LogP contribution in [0.4, 0.5) is 11.4 Å². The molecule has 1 N–H and O–H groups in total. The number of rotatable bonds is 1. The maximum absolute atomic E-state index is 4.70. The monoisotopic (exact) mass is 260 g/mol. The second-order valence-corrected chi connectivity index (χ2v) is 4.76. The molecule has 0 fully saturated rings. The average Bonchev–Trinajstić information content (AvgIpc) is 2.48. The van der Waals surface area contributed by atoms with Gasteiger partial charge in [-0.2, -0.15) is 0 Å². The van der Waals surface area contributed by atoms with Crippen LogP contribution in [0.15, 0.2) is 53.8 Å². The van der Waals surface area contributed by atoms with Gasteiger partial charge in [0.25, 0.3) is 0 Å². The number of nitrogens with zero attached hydrogens (tertiary/aromatic N) is 3. The minimum absolute atomic E-state index is 0.752. The van der Waals surface area contributed by atoms with Gasteiger partial charge in [-0.1, -0.05) is 24.3 Å². The van der Waals surface area contributed by atoms with E-state index in [9.17, 15) is 0 Å². The molecule has 0 saturated carbocycles. The van der Waals surface area contributed by atoms with E-state index < -0.39 is 0 Å². The lowest BCUT2D eigenvalue weighted by molar-refractivity contribution is 1.09. The molecule has 0 amide bonds. The van der Waals surface area contributed by atoms with Crippen LogP contribution in [0.2, 0.25) is 0 Å². The second-order valence-electron chi connectivity index (χ2n) is 4.76. The number of nitrogens with one attached hydrogen (secondary N) is 1. The number of hydrogen-bond acceptors (Lipinski definition) is 4. The van der Waals surface area contributed by atoms with Crippen molar-refractivity contribution in [2.45, 2.75) is 6.92 Å². The van der Waals surface area contributed by atoms with Crippen LogP contribution in [0.5, 0.6) is 0 Å². The van der Waals surface area contributed by atoms with Crippen LogP contribution in [0.3, 0.4) is 0 Å². The highest BCUT2D eigenvalue weighted by Crippen LogP contribution is 2.36. The summed E-state index contributed by atoms with van der Waals surface area (Å²) in [7, 11) is 0. The van der Waals surface area contributed by atoms with Crippen molar-refractivity contribution in [2.24, 2.45) is 4.99 Å². The Morgan fingerprint density at radius 1 is 0.950 bits per heavy atom. The van der Waals surface area contributed by atoms with Gasteiger partial charge < -0.3 is 5.32 Å². The molecule has 0 atom stereocenters. The first-order valence-corrected chi connectivity index (χ1v) is 6.48. The summed E-state index contributed by atoms with van der Waals surface area (Å²) in [4.78, 5) is 13.4. The highest BCUT2D eigenvalue weighted by Gasteiger charge is 2.17. The molecule has 3 aromatic rings. The van der Waals surface area contributed by atoms with Gasteiger partial charge in [0.15, 0.2) is 5.84 Å². The molecule has 0 spiro atoms. The largest absolute Gasteiger partial charge is 0.338 e. The molecule has 4 rings (SSSR count). The van der Waals surface area contributed by atoms with Gasteiger partial charge in [-0.05, 0) is 24.4 Å². The van der Waals surface area contributed by atoms with Gasteiger partial charge in [-0.15, -0.1) is 0 Å². The first kappa shape index (κ1) is 11.1. The van der Waals surface area contributed by atoms with E-state index in [1.807, 2.05) is 25.1 Å². The molecule has 20 heavy (non-hydrogen) atoms. The van der Waals surface area contributed by atoms with Crippen molar-refractivity contribution >= 4 is 28.0 Å². The van der Waals surface area contributed by atoms with E-state index in [1.54, 1.807) is 12.4 Å². The van der Waals surface area contributed by atoms with E-state index in [-0.39, 0.29) is 0 Å². The molecule has 0 saturated heterocycles. The van der Waals surface area contributed by atoms with Crippen LogP contribution >= 0.6 is 0 Å². The Morgan fingerprint density at radius 2 is 1.75 bits per heavy atom. The SMILES string of the molecule is Cc1nccnc1C1=Nc2cccc3cccc(c23)N1. The van der Waals surface area contributed by atoms with Gasteiger partial charge in [0.2, 0.25) is 0 Å². The number of aliphatic imine (C=N–C) groups is 1. The Bertz CT molecular complexity index is 847. The van der Waals surface area contributed by atoms with E-state index in [0.717, 1.165) is 34.0 Å². The first-order valence-electron chi connectivity index (χ1n) is 6.48. The van der Waals surface area contributed by atoms with Crippen molar-refractivity contribution in [3.63, 3.8) is 0 Å². The summed E-state index contributed by atoms with van der Waals surface area (Å²) in [6.45, 7) is 1.94. The lowest BCUT2D eigenvalue weighted by atomic mass is 10.0. The zero-order valence-electron chi connectivity index (χ0n) is 11.0. The van der Waals surface area contributed by atoms with Gasteiger partial charge >= 0.3 is 0 Å². The smallest absolute Gasteiger partial charge is 0.158 e. The topological polar surface area (TPSA) is 50.2 Å². The van der Waals surface area contributed by atoms with E-state index in [0.29, 0.717) is 0 Å². The quantitative estimate of drug-likeness (QED) is 0.729. The van der Waals surface area contributed by atoms with E-state index >= 15 is 0 Å². The molecule has 2 heterocycles. The molecule has 96 valence electrons. The van der Waals surface area contributed by atoms with Gasteiger partial charge in [0, 0.05) is 23.5 Å². The van der Waals surface area contributed by atoms with E-state index in [4.69, 9.17) is 4.99 Å². The molecule has 0 bridgehead atoms. The van der Waals surface area contributed by atoms with Crippen molar-refractivity contribution in [1.82, 2.24) is 9.97 Å². The molecule has 0 aliphatic carbocycles. The standard InChI is InChI=1S/C16H12N4/c1-10-15(18-9-8-17-10)16-19-12-6-2-4-11-5-3-7-13(20-16)14(11)12/h2-9H,1H3,(H,19,20). The third-order valence-corrected chi connectivity index (χ3v) is 3.47. The summed E-state index contributed by atoms with van der Waals surface area (Å²) < 4.78 is 0. The molecule has 0 radical (unpaired) electrons. The Balaban J connectivity index is 1.97. The minimum atomic E-state index is 0.752. The molecule has 1 aromatic heterocycles. The molecular weight excluding hydrogens is 248 g/mol. The van der Waals surface area contributed by atoms with Crippen LogP contribution in [0.25, 0.3) is 10.8 Å². The van der Waals surface area contributed by atoms with Crippen LogP contribution in [-0.4, -0.2) is 15.8 Å². The molecular formula is C16H12N4. The fourth-order valence-corrected chi connectivity index (χ4v) is 2.55. The maximum atomic E-state index is 4.70. The number of aryl methyl sites for hydroxylation is 1. The minimum Gasteiger partial charge on any atom is -0.338 e. The third-order valence-electron chi connectivity index (χ3n) is 3.47. The van der Waals surface area contributed by atoms with Gasteiger partial charge in [0.1, 0.15) is 5.69 Å². The van der Waals surface area contributed by atoms with Crippen molar-refractivity contribution in [1.29, 1.82) is 0 Å². The Hall–Kier alpha value is -2.75. The number of aromatic nitrogens is 2. The number of benzene rings is 2. The number of anilines is 1. The highest BCUT2D eigenvalue weighted by atomic mass is 15.1. The Labute approximate surface area is 116 Å².